The number of fused-ring (bicyclic) bond motifs is 1. The maximum absolute atomic E-state index is 12.9. The minimum Gasteiger partial charge on any atom is -0.479 e. The molecule has 1 heterocycles. The van der Waals surface area contributed by atoms with Crippen LogP contribution >= 0.6 is 31.9 Å². The molecule has 2 aromatic carbocycles. The zero-order valence-corrected chi connectivity index (χ0v) is 19.1. The van der Waals surface area contributed by atoms with E-state index >= 15 is 0 Å². The largest absolute Gasteiger partial charge is 0.479 e. The molecule has 3 aromatic rings. The number of aryl methyl sites for hydroxylation is 1. The molecule has 31 heavy (non-hydrogen) atoms. The van der Waals surface area contributed by atoms with Gasteiger partial charge in [-0.3, -0.25) is 14.9 Å². The molecule has 0 spiro atoms. The fourth-order valence-corrected chi connectivity index (χ4v) is 3.70. The number of aliphatic carboxylic acids is 1. The first-order chi connectivity index (χ1) is 14.7. The predicted octanol–water partition coefficient (Wildman–Crippen LogP) is 3.74. The van der Waals surface area contributed by atoms with Crippen LogP contribution in [0.1, 0.15) is 18.3 Å². The van der Waals surface area contributed by atoms with Crippen LogP contribution in [0.3, 0.4) is 0 Å². The number of carbonyl (C=O) groups is 1. The molecule has 1 aromatic heterocycles. The Kier molecular flexibility index (Phi) is 6.81. The number of ether oxygens (including phenoxy) is 1. The molecule has 160 valence electrons. The number of rotatable bonds is 7. The summed E-state index contributed by atoms with van der Waals surface area (Å²) < 4.78 is 7.06. The molecule has 0 fully saturated rings. The van der Waals surface area contributed by atoms with Crippen LogP contribution in [0, 0.1) is 10.1 Å². The van der Waals surface area contributed by atoms with Crippen LogP contribution in [-0.2, 0) is 11.2 Å². The van der Waals surface area contributed by atoms with Crippen LogP contribution in [0.15, 0.2) is 49.2 Å². The van der Waals surface area contributed by atoms with Gasteiger partial charge < -0.3 is 9.84 Å². The Morgan fingerprint density at radius 2 is 2.10 bits per heavy atom. The Morgan fingerprint density at radius 3 is 2.74 bits per heavy atom. The van der Waals surface area contributed by atoms with Crippen molar-refractivity contribution < 1.29 is 19.6 Å². The van der Waals surface area contributed by atoms with E-state index in [4.69, 9.17) is 9.84 Å². The van der Waals surface area contributed by atoms with Crippen LogP contribution in [0.5, 0.6) is 5.75 Å². The zero-order valence-electron chi connectivity index (χ0n) is 15.9. The maximum Gasteiger partial charge on any atom is 0.341 e. The third kappa shape index (κ3) is 4.97. The van der Waals surface area contributed by atoms with Crippen molar-refractivity contribution in [2.24, 2.45) is 5.10 Å². The lowest BCUT2D eigenvalue weighted by molar-refractivity contribution is -0.385. The topological polar surface area (TPSA) is 137 Å². The first-order valence-electron chi connectivity index (χ1n) is 8.79. The van der Waals surface area contributed by atoms with E-state index in [1.807, 2.05) is 6.92 Å². The molecule has 12 heteroatoms. The normalized spacial score (nSPS) is 11.2. The lowest BCUT2D eigenvalue weighted by Crippen LogP contribution is -2.22. The maximum atomic E-state index is 12.9. The Morgan fingerprint density at radius 1 is 1.35 bits per heavy atom. The van der Waals surface area contributed by atoms with Crippen LogP contribution in [0.2, 0.25) is 0 Å². The van der Waals surface area contributed by atoms with E-state index in [1.165, 1.54) is 18.3 Å². The third-order valence-corrected chi connectivity index (χ3v) is 5.18. The molecule has 0 aliphatic carbocycles. The van der Waals surface area contributed by atoms with Gasteiger partial charge in [-0.05, 0) is 40.2 Å². The molecule has 0 saturated heterocycles. The molecular weight excluding hydrogens is 540 g/mol. The number of hydrogen-bond acceptors (Lipinski definition) is 7. The standard InChI is InChI=1S/C19H14Br2N4O6/c1-2-16-23-14-4-3-11(20)7-12(14)19(28)24(16)22-8-10-5-13(21)18(31-9-17(26)27)15(6-10)25(29)30/h3-8H,2,9H2,1H3,(H,26,27). The number of hydrogen-bond donors (Lipinski definition) is 1. The summed E-state index contributed by atoms with van der Waals surface area (Å²) in [5, 5.41) is 24.7. The average Bonchev–Trinajstić information content (AvgIpc) is 2.71. The van der Waals surface area contributed by atoms with Gasteiger partial charge in [-0.2, -0.15) is 9.78 Å². The van der Waals surface area contributed by atoms with Gasteiger partial charge in [-0.15, -0.1) is 0 Å². The first kappa shape index (κ1) is 22.6. The van der Waals surface area contributed by atoms with Gasteiger partial charge in [0.1, 0.15) is 5.82 Å². The van der Waals surface area contributed by atoms with Gasteiger partial charge in [0.15, 0.2) is 6.61 Å². The van der Waals surface area contributed by atoms with Crippen molar-refractivity contribution in [1.82, 2.24) is 9.66 Å². The van der Waals surface area contributed by atoms with Crippen LogP contribution in [0.4, 0.5) is 5.69 Å². The highest BCUT2D eigenvalue weighted by atomic mass is 79.9. The number of halogens is 2. The summed E-state index contributed by atoms with van der Waals surface area (Å²) in [7, 11) is 0. The molecule has 1 N–H and O–H groups in total. The lowest BCUT2D eigenvalue weighted by atomic mass is 10.2. The number of nitro benzene ring substituents is 1. The smallest absolute Gasteiger partial charge is 0.341 e. The summed E-state index contributed by atoms with van der Waals surface area (Å²) in [5.41, 5.74) is 0.00874. The average molecular weight is 554 g/mol. The summed E-state index contributed by atoms with van der Waals surface area (Å²) in [5.74, 6) is -1.06. The number of nitro groups is 1. The van der Waals surface area contributed by atoms with E-state index < -0.39 is 23.2 Å². The van der Waals surface area contributed by atoms with Crippen LogP contribution in [0.25, 0.3) is 10.9 Å². The van der Waals surface area contributed by atoms with Crippen LogP contribution < -0.4 is 10.3 Å². The van der Waals surface area contributed by atoms with E-state index in [9.17, 15) is 19.7 Å². The predicted molar refractivity (Wildman–Crippen MR) is 120 cm³/mol. The second-order valence-corrected chi connectivity index (χ2v) is 7.97. The summed E-state index contributed by atoms with van der Waals surface area (Å²) >= 11 is 6.48. The van der Waals surface area contributed by atoms with Gasteiger partial charge in [-0.25, -0.2) is 9.78 Å². The van der Waals surface area contributed by atoms with E-state index in [-0.39, 0.29) is 15.8 Å². The Labute approximate surface area is 191 Å². The molecule has 0 unspecified atom stereocenters. The number of aromatic nitrogens is 2. The molecule has 0 aliphatic rings. The van der Waals surface area contributed by atoms with Gasteiger partial charge in [0, 0.05) is 22.5 Å². The molecule has 0 amide bonds. The van der Waals surface area contributed by atoms with Gasteiger partial charge in [0.2, 0.25) is 5.75 Å². The van der Waals surface area contributed by atoms with Gasteiger partial charge in [0.05, 0.1) is 26.5 Å². The van der Waals surface area contributed by atoms with E-state index in [2.05, 4.69) is 41.9 Å². The van der Waals surface area contributed by atoms with Crippen molar-refractivity contribution in [3.63, 3.8) is 0 Å². The third-order valence-electron chi connectivity index (χ3n) is 4.10. The molecule has 0 aliphatic heterocycles. The molecule has 0 bridgehead atoms. The van der Waals surface area contributed by atoms with Crippen molar-refractivity contribution in [2.75, 3.05) is 6.61 Å². The summed E-state index contributed by atoms with van der Waals surface area (Å²) in [6.45, 7) is 1.09. The number of carboxylic acid groups (broad SMARTS) is 1. The van der Waals surface area contributed by atoms with E-state index in [0.29, 0.717) is 28.7 Å². The van der Waals surface area contributed by atoms with Crippen molar-refractivity contribution in [3.8, 4) is 5.75 Å². The molecular formula is C19H14Br2N4O6. The van der Waals surface area contributed by atoms with Gasteiger partial charge in [-0.1, -0.05) is 22.9 Å². The lowest BCUT2D eigenvalue weighted by Gasteiger charge is -2.09. The monoisotopic (exact) mass is 552 g/mol. The molecule has 3 rings (SSSR count). The molecule has 0 radical (unpaired) electrons. The summed E-state index contributed by atoms with van der Waals surface area (Å²) in [4.78, 5) is 38.8. The number of nitrogens with zero attached hydrogens (tertiary/aromatic N) is 4. The first-order valence-corrected chi connectivity index (χ1v) is 10.4. The highest BCUT2D eigenvalue weighted by Gasteiger charge is 2.21. The fraction of sp³-hybridized carbons (Fsp3) is 0.158. The molecule has 0 saturated carbocycles. The van der Waals surface area contributed by atoms with Gasteiger partial charge in [0.25, 0.3) is 5.56 Å². The minimum absolute atomic E-state index is 0.174. The van der Waals surface area contributed by atoms with Crippen molar-refractivity contribution >= 4 is 60.6 Å². The van der Waals surface area contributed by atoms with Crippen LogP contribution in [-0.4, -0.2) is 38.5 Å². The van der Waals surface area contributed by atoms with E-state index in [0.717, 1.165) is 9.15 Å². The quantitative estimate of drug-likeness (QED) is 0.267. The highest BCUT2D eigenvalue weighted by Crippen LogP contribution is 2.36. The van der Waals surface area contributed by atoms with Crippen molar-refractivity contribution in [2.45, 2.75) is 13.3 Å². The minimum atomic E-state index is -1.27. The Bertz CT molecular complexity index is 1290. The second kappa shape index (κ2) is 9.35. The number of carboxylic acids is 1. The second-order valence-electron chi connectivity index (χ2n) is 6.20. The Hall–Kier alpha value is -3.12. The summed E-state index contributed by atoms with van der Waals surface area (Å²) in [6, 6.07) is 7.80. The zero-order chi connectivity index (χ0) is 22.7. The SMILES string of the molecule is CCc1nc2ccc(Br)cc2c(=O)n1N=Cc1cc(Br)c(OCC(=O)O)c([N+](=O)[O-])c1. The Balaban J connectivity index is 2.08. The fourth-order valence-electron chi connectivity index (χ4n) is 2.75. The number of benzene rings is 2. The van der Waals surface area contributed by atoms with Gasteiger partial charge >= 0.3 is 11.7 Å². The summed E-state index contributed by atoms with van der Waals surface area (Å²) in [6.07, 6.45) is 1.72. The molecule has 10 nitrogen and oxygen atoms in total. The highest BCUT2D eigenvalue weighted by molar-refractivity contribution is 9.10. The van der Waals surface area contributed by atoms with E-state index in [1.54, 1.807) is 18.2 Å². The molecule has 0 atom stereocenters. The van der Waals surface area contributed by atoms with Crippen molar-refractivity contribution in [1.29, 1.82) is 0 Å². The van der Waals surface area contributed by atoms with Crippen molar-refractivity contribution in [3.05, 3.63) is 71.1 Å².